The second-order valence-corrected chi connectivity index (χ2v) is 5.85. The predicted molar refractivity (Wildman–Crippen MR) is 74.7 cm³/mol. The fourth-order valence-electron chi connectivity index (χ4n) is 2.82. The van der Waals surface area contributed by atoms with Gasteiger partial charge in [-0.2, -0.15) is 0 Å². The van der Waals surface area contributed by atoms with Crippen LogP contribution in [0.3, 0.4) is 0 Å². The maximum absolute atomic E-state index is 13.6. The first-order valence-corrected chi connectivity index (χ1v) is 7.19. The van der Waals surface area contributed by atoms with E-state index in [9.17, 15) is 13.6 Å². The van der Waals surface area contributed by atoms with Crippen LogP contribution in [0.4, 0.5) is 8.78 Å². The van der Waals surface area contributed by atoms with Crippen LogP contribution in [0.2, 0.25) is 0 Å². The van der Waals surface area contributed by atoms with Crippen LogP contribution in [0.25, 0.3) is 0 Å². The second kappa shape index (κ2) is 6.44. The van der Waals surface area contributed by atoms with Gasteiger partial charge in [-0.1, -0.05) is 0 Å². The van der Waals surface area contributed by atoms with Crippen LogP contribution in [0, 0.1) is 17.6 Å². The Hall–Kier alpha value is -1.29. The molecule has 1 heterocycles. The summed E-state index contributed by atoms with van der Waals surface area (Å²) >= 11 is 0. The van der Waals surface area contributed by atoms with Crippen LogP contribution in [0.5, 0.6) is 0 Å². The Kier molecular flexibility index (Phi) is 4.86. The molecule has 0 aromatic heterocycles. The highest BCUT2D eigenvalue weighted by Gasteiger charge is 2.25. The smallest absolute Gasteiger partial charge is 0.166 e. The van der Waals surface area contributed by atoms with E-state index in [-0.39, 0.29) is 17.3 Å². The summed E-state index contributed by atoms with van der Waals surface area (Å²) in [6.07, 6.45) is 2.41. The topological polar surface area (TPSA) is 20.3 Å². The molecular formula is C16H21F2NO. The number of hydrogen-bond acceptors (Lipinski definition) is 2. The van der Waals surface area contributed by atoms with Crippen molar-refractivity contribution in [3.8, 4) is 0 Å². The molecule has 0 bridgehead atoms. The number of nitrogens with zero attached hydrogens (tertiary/aromatic N) is 1. The number of rotatable bonds is 4. The number of carbonyl (C=O) groups excluding carboxylic acids is 1. The van der Waals surface area contributed by atoms with Crippen LogP contribution in [0.1, 0.15) is 43.5 Å². The van der Waals surface area contributed by atoms with Gasteiger partial charge in [-0.05, 0) is 51.3 Å². The summed E-state index contributed by atoms with van der Waals surface area (Å²) in [5.41, 5.74) is 0.00747. The molecule has 0 saturated carbocycles. The summed E-state index contributed by atoms with van der Waals surface area (Å²) in [6.45, 7) is 6.23. The number of halogens is 2. The molecule has 0 amide bonds. The van der Waals surface area contributed by atoms with Crippen molar-refractivity contribution in [2.24, 2.45) is 5.92 Å². The van der Waals surface area contributed by atoms with Crippen molar-refractivity contribution in [2.45, 2.75) is 39.2 Å². The van der Waals surface area contributed by atoms with Crippen LogP contribution in [-0.2, 0) is 0 Å². The van der Waals surface area contributed by atoms with E-state index < -0.39 is 11.6 Å². The van der Waals surface area contributed by atoms with E-state index >= 15 is 0 Å². The summed E-state index contributed by atoms with van der Waals surface area (Å²) in [6, 6.07) is 3.62. The Bertz CT molecular complexity index is 487. The highest BCUT2D eigenvalue weighted by molar-refractivity contribution is 5.96. The first-order valence-electron chi connectivity index (χ1n) is 7.19. The molecule has 1 aromatic rings. The third kappa shape index (κ3) is 3.63. The quantitative estimate of drug-likeness (QED) is 0.785. The average Bonchev–Trinajstić information content (AvgIpc) is 2.38. The van der Waals surface area contributed by atoms with E-state index in [1.54, 1.807) is 0 Å². The third-order valence-electron chi connectivity index (χ3n) is 3.99. The molecule has 110 valence electrons. The van der Waals surface area contributed by atoms with Crippen LogP contribution in [-0.4, -0.2) is 29.8 Å². The molecule has 1 aromatic carbocycles. The number of hydrogen-bond donors (Lipinski definition) is 0. The predicted octanol–water partition coefficient (Wildman–Crippen LogP) is 3.66. The fourth-order valence-corrected chi connectivity index (χ4v) is 2.82. The first kappa shape index (κ1) is 15.1. The van der Waals surface area contributed by atoms with Gasteiger partial charge >= 0.3 is 0 Å². The summed E-state index contributed by atoms with van der Waals surface area (Å²) in [7, 11) is 0. The van der Waals surface area contributed by atoms with Crippen molar-refractivity contribution in [2.75, 3.05) is 13.1 Å². The lowest BCUT2D eigenvalue weighted by molar-refractivity contribution is 0.0886. The average molecular weight is 281 g/mol. The number of piperidine rings is 1. The Morgan fingerprint density at radius 3 is 2.80 bits per heavy atom. The van der Waals surface area contributed by atoms with Crippen molar-refractivity contribution in [3.05, 3.63) is 35.4 Å². The molecule has 0 aliphatic carbocycles. The maximum atomic E-state index is 13.6. The number of benzene rings is 1. The third-order valence-corrected chi connectivity index (χ3v) is 3.99. The van der Waals surface area contributed by atoms with Gasteiger partial charge in [-0.15, -0.1) is 0 Å². The lowest BCUT2D eigenvalue weighted by Crippen LogP contribution is -2.40. The van der Waals surface area contributed by atoms with E-state index in [0.717, 1.165) is 38.1 Å². The Labute approximate surface area is 118 Å². The van der Waals surface area contributed by atoms with Gasteiger partial charge in [-0.25, -0.2) is 8.78 Å². The largest absolute Gasteiger partial charge is 0.301 e. The monoisotopic (exact) mass is 281 g/mol. The van der Waals surface area contributed by atoms with Gasteiger partial charge in [0.05, 0.1) is 5.56 Å². The molecule has 1 aliphatic heterocycles. The van der Waals surface area contributed by atoms with Crippen molar-refractivity contribution < 1.29 is 13.6 Å². The summed E-state index contributed by atoms with van der Waals surface area (Å²) in [5, 5.41) is 0. The molecule has 1 aliphatic rings. The first-order chi connectivity index (χ1) is 9.47. The number of ketones is 1. The zero-order valence-electron chi connectivity index (χ0n) is 12.0. The van der Waals surface area contributed by atoms with Crippen molar-refractivity contribution in [1.82, 2.24) is 4.90 Å². The van der Waals surface area contributed by atoms with Gasteiger partial charge in [-0.3, -0.25) is 4.79 Å². The molecule has 0 unspecified atom stereocenters. The zero-order valence-corrected chi connectivity index (χ0v) is 12.0. The minimum absolute atomic E-state index is 0.00747. The van der Waals surface area contributed by atoms with Crippen LogP contribution >= 0.6 is 0 Å². The van der Waals surface area contributed by atoms with E-state index in [0.29, 0.717) is 12.5 Å². The second-order valence-electron chi connectivity index (χ2n) is 5.85. The summed E-state index contributed by atoms with van der Waals surface area (Å²) in [5.74, 6) is -1.37. The molecule has 2 rings (SSSR count). The van der Waals surface area contributed by atoms with E-state index in [2.05, 4.69) is 18.7 Å². The molecule has 4 heteroatoms. The SMILES string of the molecule is CC(C)N1CCC[C@@H](CC(=O)c2ccc(F)cc2F)C1. The number of likely N-dealkylation sites (tertiary alicyclic amines) is 1. The summed E-state index contributed by atoms with van der Waals surface area (Å²) < 4.78 is 26.4. The number of Topliss-reactive ketones (excluding diaryl/α,β-unsaturated/α-hetero) is 1. The standard InChI is InChI=1S/C16H21F2NO/c1-11(2)19-7-3-4-12(10-19)8-16(20)14-6-5-13(17)9-15(14)18/h5-6,9,11-12H,3-4,7-8,10H2,1-2H3/t12-/m0/s1. The number of carbonyl (C=O) groups is 1. The van der Waals surface area contributed by atoms with E-state index in [1.165, 1.54) is 6.07 Å². The Balaban J connectivity index is 2.00. The van der Waals surface area contributed by atoms with Gasteiger partial charge in [0, 0.05) is 25.1 Å². The molecule has 20 heavy (non-hydrogen) atoms. The highest BCUT2D eigenvalue weighted by Crippen LogP contribution is 2.23. The molecular weight excluding hydrogens is 260 g/mol. The van der Waals surface area contributed by atoms with E-state index in [4.69, 9.17) is 0 Å². The normalized spacial score (nSPS) is 20.4. The van der Waals surface area contributed by atoms with Crippen LogP contribution in [0.15, 0.2) is 18.2 Å². The Morgan fingerprint density at radius 2 is 2.15 bits per heavy atom. The van der Waals surface area contributed by atoms with Gasteiger partial charge in [0.1, 0.15) is 11.6 Å². The molecule has 0 radical (unpaired) electrons. The Morgan fingerprint density at radius 1 is 1.40 bits per heavy atom. The minimum Gasteiger partial charge on any atom is -0.301 e. The van der Waals surface area contributed by atoms with Gasteiger partial charge < -0.3 is 4.90 Å². The lowest BCUT2D eigenvalue weighted by atomic mass is 9.90. The van der Waals surface area contributed by atoms with Crippen LogP contribution < -0.4 is 0 Å². The lowest BCUT2D eigenvalue weighted by Gasteiger charge is -2.35. The van der Waals surface area contributed by atoms with Gasteiger partial charge in [0.15, 0.2) is 5.78 Å². The molecule has 1 fully saturated rings. The van der Waals surface area contributed by atoms with E-state index in [1.807, 2.05) is 0 Å². The van der Waals surface area contributed by atoms with Gasteiger partial charge in [0.2, 0.25) is 0 Å². The van der Waals surface area contributed by atoms with Crippen molar-refractivity contribution in [1.29, 1.82) is 0 Å². The molecule has 0 spiro atoms. The van der Waals surface area contributed by atoms with Crippen molar-refractivity contribution >= 4 is 5.78 Å². The molecule has 1 saturated heterocycles. The fraction of sp³-hybridized carbons (Fsp3) is 0.562. The minimum atomic E-state index is -0.758. The van der Waals surface area contributed by atoms with Gasteiger partial charge in [0.25, 0.3) is 0 Å². The maximum Gasteiger partial charge on any atom is 0.166 e. The highest BCUT2D eigenvalue weighted by atomic mass is 19.1. The molecule has 1 atom stereocenters. The summed E-state index contributed by atoms with van der Waals surface area (Å²) in [4.78, 5) is 14.5. The molecule has 2 nitrogen and oxygen atoms in total. The molecule has 0 N–H and O–H groups in total. The van der Waals surface area contributed by atoms with Crippen molar-refractivity contribution in [3.63, 3.8) is 0 Å². The zero-order chi connectivity index (χ0) is 14.7.